The zero-order valence-corrected chi connectivity index (χ0v) is 17.1. The average Bonchev–Trinajstić information content (AvgIpc) is 2.70. The number of phenolic OH excluding ortho intramolecular Hbond substituents is 1. The summed E-state index contributed by atoms with van der Waals surface area (Å²) in [7, 11) is 0. The third-order valence-corrected chi connectivity index (χ3v) is 5.28. The Morgan fingerprint density at radius 1 is 1.22 bits per heavy atom. The number of fused-ring (bicyclic) bond motifs is 3. The molecule has 0 fully saturated rings. The van der Waals surface area contributed by atoms with Gasteiger partial charge in [0, 0.05) is 23.1 Å². The van der Waals surface area contributed by atoms with E-state index in [2.05, 4.69) is 0 Å². The molecule has 164 valence electrons. The van der Waals surface area contributed by atoms with E-state index in [0.717, 1.165) is 0 Å². The van der Waals surface area contributed by atoms with E-state index >= 15 is 0 Å². The molecule has 4 rings (SSSR count). The molecule has 0 amide bonds. The van der Waals surface area contributed by atoms with Crippen molar-refractivity contribution in [3.63, 3.8) is 0 Å². The van der Waals surface area contributed by atoms with Crippen LogP contribution in [0.3, 0.4) is 0 Å². The summed E-state index contributed by atoms with van der Waals surface area (Å²) < 4.78 is 16.2. The number of hydrogen-bond acceptors (Lipinski definition) is 8. The van der Waals surface area contributed by atoms with Gasteiger partial charge in [0.1, 0.15) is 22.6 Å². The first-order valence-corrected chi connectivity index (χ1v) is 9.67. The molecule has 0 radical (unpaired) electrons. The second kappa shape index (κ2) is 7.84. The lowest BCUT2D eigenvalue weighted by Crippen LogP contribution is -2.24. The molecule has 3 aromatic rings. The molecule has 2 N–H and O–H groups in total. The van der Waals surface area contributed by atoms with Crippen LogP contribution in [0.25, 0.3) is 11.0 Å². The Morgan fingerprint density at radius 2 is 1.94 bits per heavy atom. The number of ether oxygens (including phenoxy) is 2. The van der Waals surface area contributed by atoms with Gasteiger partial charge >= 0.3 is 17.6 Å². The van der Waals surface area contributed by atoms with Gasteiger partial charge in [0.2, 0.25) is 0 Å². The molecule has 0 aliphatic carbocycles. The first-order valence-electron chi connectivity index (χ1n) is 9.67. The summed E-state index contributed by atoms with van der Waals surface area (Å²) in [5, 5.41) is 20.0. The third-order valence-electron chi connectivity index (χ3n) is 5.28. The lowest BCUT2D eigenvalue weighted by molar-refractivity contribution is -0.139. The minimum Gasteiger partial charge on any atom is -0.506 e. The van der Waals surface area contributed by atoms with E-state index in [1.807, 2.05) is 0 Å². The topological polar surface area (TPSA) is 140 Å². The van der Waals surface area contributed by atoms with Crippen LogP contribution < -0.4 is 15.1 Å². The highest BCUT2D eigenvalue weighted by molar-refractivity contribution is 6.09. The van der Waals surface area contributed by atoms with Gasteiger partial charge in [0.05, 0.1) is 11.8 Å². The Hall–Kier alpha value is -4.14. The van der Waals surface area contributed by atoms with Crippen molar-refractivity contribution < 1.29 is 38.5 Å². The van der Waals surface area contributed by atoms with Crippen LogP contribution in [0.15, 0.2) is 39.5 Å². The summed E-state index contributed by atoms with van der Waals surface area (Å²) in [6.45, 7) is 2.20. The van der Waals surface area contributed by atoms with Gasteiger partial charge in [0.25, 0.3) is 0 Å². The number of phenols is 1. The maximum atomic E-state index is 12.5. The number of ketones is 1. The van der Waals surface area contributed by atoms with Gasteiger partial charge in [-0.3, -0.25) is 9.59 Å². The summed E-state index contributed by atoms with van der Waals surface area (Å²) in [6, 6.07) is 7.70. The molecule has 0 saturated heterocycles. The predicted octanol–water partition coefficient (Wildman–Crippen LogP) is 2.91. The number of hydrogen-bond donors (Lipinski definition) is 2. The van der Waals surface area contributed by atoms with Gasteiger partial charge in [-0.05, 0) is 25.5 Å². The smallest absolute Gasteiger partial charge is 0.341 e. The van der Waals surface area contributed by atoms with Gasteiger partial charge < -0.3 is 24.1 Å². The number of carboxylic acid groups (broad SMARTS) is 1. The number of aryl methyl sites for hydroxylation is 1. The standard InChI is InChI=1S/C23H18O9/c1-10-7-16(27)31-22-18(10)21(29)19(11(2)24)23-20(22)13(8-17(28)32-23)12-5-3-4-6-14(12)30-9-15(25)26/h3-7,13,29H,8-9H2,1-2H3,(H,25,26)/t13-/m1/s1. The van der Waals surface area contributed by atoms with E-state index < -0.39 is 41.6 Å². The van der Waals surface area contributed by atoms with Crippen molar-refractivity contribution in [2.75, 3.05) is 6.61 Å². The predicted molar refractivity (Wildman–Crippen MR) is 111 cm³/mol. The summed E-state index contributed by atoms with van der Waals surface area (Å²) in [6.07, 6.45) is -0.185. The quantitative estimate of drug-likeness (QED) is 0.266. The normalized spacial score (nSPS) is 15.2. The van der Waals surface area contributed by atoms with Crippen molar-refractivity contribution in [1.29, 1.82) is 0 Å². The van der Waals surface area contributed by atoms with Crippen LogP contribution in [0.5, 0.6) is 17.2 Å². The molecule has 1 aliphatic heterocycles. The molecule has 32 heavy (non-hydrogen) atoms. The molecular weight excluding hydrogens is 420 g/mol. The van der Waals surface area contributed by atoms with Crippen LogP contribution in [-0.2, 0) is 9.59 Å². The molecule has 9 heteroatoms. The van der Waals surface area contributed by atoms with E-state index in [-0.39, 0.29) is 40.0 Å². The fraction of sp³-hybridized carbons (Fsp3) is 0.217. The zero-order valence-electron chi connectivity index (χ0n) is 17.1. The monoisotopic (exact) mass is 438 g/mol. The van der Waals surface area contributed by atoms with Crippen LogP contribution in [0.1, 0.15) is 46.3 Å². The van der Waals surface area contributed by atoms with E-state index in [0.29, 0.717) is 11.1 Å². The molecule has 9 nitrogen and oxygen atoms in total. The first-order chi connectivity index (χ1) is 15.2. The highest BCUT2D eigenvalue weighted by Gasteiger charge is 2.38. The molecule has 2 aromatic carbocycles. The van der Waals surface area contributed by atoms with Crippen molar-refractivity contribution in [3.05, 3.63) is 63.0 Å². The minimum absolute atomic E-state index is 0.0157. The van der Waals surface area contributed by atoms with Gasteiger partial charge in [-0.15, -0.1) is 0 Å². The molecule has 0 unspecified atom stereocenters. The van der Waals surface area contributed by atoms with Gasteiger partial charge in [-0.25, -0.2) is 9.59 Å². The van der Waals surface area contributed by atoms with E-state index in [1.165, 1.54) is 13.0 Å². The molecule has 1 aromatic heterocycles. The van der Waals surface area contributed by atoms with E-state index in [4.69, 9.17) is 19.0 Å². The average molecular weight is 438 g/mol. The molecule has 0 spiro atoms. The fourth-order valence-corrected chi connectivity index (χ4v) is 4.04. The number of aromatic hydroxyl groups is 1. The van der Waals surface area contributed by atoms with Crippen molar-refractivity contribution in [2.24, 2.45) is 0 Å². The first kappa shape index (κ1) is 21.1. The number of aliphatic carboxylic acids is 1. The van der Waals surface area contributed by atoms with Crippen LogP contribution >= 0.6 is 0 Å². The lowest BCUT2D eigenvalue weighted by Gasteiger charge is -2.28. The molecule has 1 atom stereocenters. The van der Waals surface area contributed by atoms with Crippen LogP contribution in [-0.4, -0.2) is 34.5 Å². The third kappa shape index (κ3) is 3.47. The van der Waals surface area contributed by atoms with E-state index in [9.17, 15) is 24.3 Å². The number of carbonyl (C=O) groups is 3. The van der Waals surface area contributed by atoms with Crippen LogP contribution in [0.4, 0.5) is 0 Å². The maximum Gasteiger partial charge on any atom is 0.341 e. The Labute approximate surface area is 180 Å². The zero-order chi connectivity index (χ0) is 23.2. The Kier molecular flexibility index (Phi) is 5.17. The highest BCUT2D eigenvalue weighted by Crippen LogP contribution is 2.50. The van der Waals surface area contributed by atoms with Crippen molar-refractivity contribution in [2.45, 2.75) is 26.2 Å². The van der Waals surface area contributed by atoms with Crippen LogP contribution in [0.2, 0.25) is 0 Å². The minimum atomic E-state index is -1.18. The van der Waals surface area contributed by atoms with Crippen molar-refractivity contribution in [1.82, 2.24) is 0 Å². The number of para-hydroxylation sites is 1. The maximum absolute atomic E-state index is 12.5. The molecular formula is C23H18O9. The molecule has 2 heterocycles. The SMILES string of the molecule is CC(=O)c1c2c(c3oc(=O)cc(C)c3c1O)[C@@H](c1ccccc1OCC(=O)O)CC(=O)O2. The van der Waals surface area contributed by atoms with Crippen LogP contribution in [0, 0.1) is 6.92 Å². The number of benzene rings is 2. The van der Waals surface area contributed by atoms with E-state index in [1.54, 1.807) is 31.2 Å². The number of rotatable bonds is 5. The Bertz CT molecular complexity index is 1350. The largest absolute Gasteiger partial charge is 0.506 e. The van der Waals surface area contributed by atoms with Crippen molar-refractivity contribution in [3.8, 4) is 17.2 Å². The second-order valence-electron chi connectivity index (χ2n) is 7.43. The van der Waals surface area contributed by atoms with Crippen molar-refractivity contribution >= 4 is 28.7 Å². The van der Waals surface area contributed by atoms with Gasteiger partial charge in [0.15, 0.2) is 18.1 Å². The summed E-state index contributed by atoms with van der Waals surface area (Å²) >= 11 is 0. The Morgan fingerprint density at radius 3 is 2.62 bits per heavy atom. The fourth-order valence-electron chi connectivity index (χ4n) is 4.04. The molecule has 0 saturated carbocycles. The number of esters is 1. The highest BCUT2D eigenvalue weighted by atomic mass is 16.5. The summed E-state index contributed by atoms with van der Waals surface area (Å²) in [5.41, 5.74) is 0.153. The molecule has 0 bridgehead atoms. The number of carboxylic acids is 1. The number of carbonyl (C=O) groups excluding carboxylic acids is 2. The Balaban J connectivity index is 2.09. The lowest BCUT2D eigenvalue weighted by atomic mass is 9.82. The summed E-state index contributed by atoms with van der Waals surface area (Å²) in [4.78, 5) is 48.1. The van der Waals surface area contributed by atoms with Gasteiger partial charge in [-0.2, -0.15) is 0 Å². The number of Topliss-reactive ketones (excluding diaryl/α,β-unsaturated/α-hetero) is 1. The molecule has 1 aliphatic rings. The second-order valence-corrected chi connectivity index (χ2v) is 7.43. The summed E-state index contributed by atoms with van der Waals surface area (Å²) in [5.74, 6) is -3.62. The van der Waals surface area contributed by atoms with Gasteiger partial charge in [-0.1, -0.05) is 18.2 Å².